The maximum atomic E-state index is 11.6. The van der Waals surface area contributed by atoms with Gasteiger partial charge in [0.15, 0.2) is 0 Å². The summed E-state index contributed by atoms with van der Waals surface area (Å²) >= 11 is 4.32. The van der Waals surface area contributed by atoms with E-state index >= 15 is 0 Å². The van der Waals surface area contributed by atoms with Crippen molar-refractivity contribution in [1.82, 2.24) is 4.72 Å². The molecule has 0 saturated carbocycles. The Balaban J connectivity index is 2.86. The second-order valence-electron chi connectivity index (χ2n) is 2.76. The summed E-state index contributed by atoms with van der Waals surface area (Å²) in [5.74, 6) is 0. The summed E-state index contributed by atoms with van der Waals surface area (Å²) in [7, 11) is -3.47. The SMILES string of the molecule is CC(CO)NS(=O)(=O)c1ccc(Br)s1. The first-order chi connectivity index (χ1) is 6.45. The standard InChI is InChI=1S/C7H10BrNO3S2/c1-5(4-10)9-14(11,12)7-3-2-6(8)13-7/h2-3,5,9-10H,4H2,1H3. The van der Waals surface area contributed by atoms with Crippen LogP contribution in [0.4, 0.5) is 0 Å². The zero-order chi connectivity index (χ0) is 10.8. The van der Waals surface area contributed by atoms with Crippen LogP contribution in [0, 0.1) is 0 Å². The second kappa shape index (κ2) is 4.71. The predicted octanol–water partition coefficient (Wildman–Crippen LogP) is 1.17. The van der Waals surface area contributed by atoms with Gasteiger partial charge in [-0.1, -0.05) is 0 Å². The van der Waals surface area contributed by atoms with Gasteiger partial charge in [0.25, 0.3) is 0 Å². The number of aliphatic hydroxyl groups excluding tert-OH is 1. The Hall–Kier alpha value is 0.0500. The molecular weight excluding hydrogens is 290 g/mol. The van der Waals surface area contributed by atoms with Crippen molar-refractivity contribution in [2.75, 3.05) is 6.61 Å². The van der Waals surface area contributed by atoms with E-state index in [0.717, 1.165) is 15.1 Å². The zero-order valence-corrected chi connectivity index (χ0v) is 10.6. The van der Waals surface area contributed by atoms with Crippen molar-refractivity contribution in [2.24, 2.45) is 0 Å². The smallest absolute Gasteiger partial charge is 0.250 e. The summed E-state index contributed by atoms with van der Waals surface area (Å²) in [6.07, 6.45) is 0. The van der Waals surface area contributed by atoms with Crippen LogP contribution in [0.15, 0.2) is 20.1 Å². The molecule has 2 N–H and O–H groups in total. The van der Waals surface area contributed by atoms with Gasteiger partial charge in [-0.3, -0.25) is 0 Å². The van der Waals surface area contributed by atoms with Crippen LogP contribution < -0.4 is 4.72 Å². The molecule has 0 spiro atoms. The van der Waals surface area contributed by atoms with Crippen molar-refractivity contribution in [1.29, 1.82) is 0 Å². The topological polar surface area (TPSA) is 66.4 Å². The minimum Gasteiger partial charge on any atom is -0.395 e. The molecule has 1 aromatic heterocycles. The van der Waals surface area contributed by atoms with Crippen LogP contribution in [-0.4, -0.2) is 26.2 Å². The lowest BCUT2D eigenvalue weighted by molar-refractivity contribution is 0.265. The van der Waals surface area contributed by atoms with Crippen molar-refractivity contribution in [3.05, 3.63) is 15.9 Å². The van der Waals surface area contributed by atoms with Gasteiger partial charge < -0.3 is 5.11 Å². The first-order valence-corrected chi connectivity index (χ1v) is 6.93. The molecule has 1 atom stereocenters. The van der Waals surface area contributed by atoms with Crippen molar-refractivity contribution < 1.29 is 13.5 Å². The molecular formula is C7H10BrNO3S2. The molecule has 0 aliphatic rings. The average Bonchev–Trinajstić information content (AvgIpc) is 2.51. The Morgan fingerprint density at radius 2 is 2.29 bits per heavy atom. The molecule has 7 heteroatoms. The zero-order valence-electron chi connectivity index (χ0n) is 7.40. The van der Waals surface area contributed by atoms with Crippen LogP contribution in [0.1, 0.15) is 6.92 Å². The Morgan fingerprint density at radius 1 is 1.64 bits per heavy atom. The Kier molecular flexibility index (Phi) is 4.08. The fraction of sp³-hybridized carbons (Fsp3) is 0.429. The maximum absolute atomic E-state index is 11.6. The molecule has 0 amide bonds. The number of halogens is 1. The van der Waals surface area contributed by atoms with Gasteiger partial charge in [-0.2, -0.15) is 0 Å². The third kappa shape index (κ3) is 3.03. The highest BCUT2D eigenvalue weighted by molar-refractivity contribution is 9.11. The van der Waals surface area contributed by atoms with Crippen molar-refractivity contribution >= 4 is 37.3 Å². The molecule has 0 aromatic carbocycles. The predicted molar refractivity (Wildman–Crippen MR) is 58.9 cm³/mol. The Bertz CT molecular complexity index is 401. The molecule has 0 aliphatic heterocycles. The summed E-state index contributed by atoms with van der Waals surface area (Å²) in [5, 5.41) is 8.72. The Morgan fingerprint density at radius 3 is 2.71 bits per heavy atom. The highest BCUT2D eigenvalue weighted by Gasteiger charge is 2.18. The molecule has 0 radical (unpaired) electrons. The first-order valence-electron chi connectivity index (χ1n) is 3.84. The van der Waals surface area contributed by atoms with E-state index in [9.17, 15) is 8.42 Å². The lowest BCUT2D eigenvalue weighted by Gasteiger charge is -2.09. The molecule has 0 fully saturated rings. The van der Waals surface area contributed by atoms with Crippen LogP contribution in [0.3, 0.4) is 0 Å². The van der Waals surface area contributed by atoms with Crippen molar-refractivity contribution in [3.8, 4) is 0 Å². The molecule has 1 unspecified atom stereocenters. The fourth-order valence-electron chi connectivity index (χ4n) is 0.802. The van der Waals surface area contributed by atoms with Crippen LogP contribution in [0.25, 0.3) is 0 Å². The van der Waals surface area contributed by atoms with Crippen LogP contribution in [-0.2, 0) is 10.0 Å². The number of sulfonamides is 1. The summed E-state index contributed by atoms with van der Waals surface area (Å²) in [6.45, 7) is 1.38. The van der Waals surface area contributed by atoms with E-state index in [1.165, 1.54) is 6.07 Å². The Labute approximate surface area is 95.1 Å². The highest BCUT2D eigenvalue weighted by atomic mass is 79.9. The molecule has 0 bridgehead atoms. The molecule has 1 aromatic rings. The minimum atomic E-state index is -3.47. The van der Waals surface area contributed by atoms with E-state index in [-0.39, 0.29) is 10.8 Å². The number of hydrogen-bond donors (Lipinski definition) is 2. The van der Waals surface area contributed by atoms with E-state index in [0.29, 0.717) is 0 Å². The molecule has 0 aliphatic carbocycles. The van der Waals surface area contributed by atoms with Gasteiger partial charge >= 0.3 is 0 Å². The van der Waals surface area contributed by atoms with Gasteiger partial charge in [0.2, 0.25) is 10.0 Å². The van der Waals surface area contributed by atoms with Gasteiger partial charge in [0, 0.05) is 6.04 Å². The largest absolute Gasteiger partial charge is 0.395 e. The maximum Gasteiger partial charge on any atom is 0.250 e. The van der Waals surface area contributed by atoms with E-state index in [1.807, 2.05) is 0 Å². The first kappa shape index (κ1) is 12.1. The third-order valence-corrected chi connectivity index (χ3v) is 5.15. The number of aliphatic hydroxyl groups is 1. The molecule has 4 nitrogen and oxygen atoms in total. The highest BCUT2D eigenvalue weighted by Crippen LogP contribution is 2.25. The average molecular weight is 300 g/mol. The number of thiophene rings is 1. The third-order valence-electron chi connectivity index (χ3n) is 1.44. The van der Waals surface area contributed by atoms with E-state index in [1.54, 1.807) is 13.0 Å². The number of rotatable bonds is 4. The van der Waals surface area contributed by atoms with E-state index in [2.05, 4.69) is 20.7 Å². The number of hydrogen-bond acceptors (Lipinski definition) is 4. The fourth-order valence-corrected chi connectivity index (χ4v) is 4.06. The molecule has 0 saturated heterocycles. The molecule has 14 heavy (non-hydrogen) atoms. The van der Waals surface area contributed by atoms with Gasteiger partial charge in [-0.15, -0.1) is 11.3 Å². The quantitative estimate of drug-likeness (QED) is 0.877. The molecule has 1 heterocycles. The number of nitrogens with one attached hydrogen (secondary N) is 1. The summed E-state index contributed by atoms with van der Waals surface area (Å²) in [4.78, 5) is 0. The van der Waals surface area contributed by atoms with Crippen molar-refractivity contribution in [2.45, 2.75) is 17.2 Å². The molecule has 80 valence electrons. The van der Waals surface area contributed by atoms with Gasteiger partial charge in [0.1, 0.15) is 4.21 Å². The monoisotopic (exact) mass is 299 g/mol. The minimum absolute atomic E-state index is 0.216. The van der Waals surface area contributed by atoms with Gasteiger partial charge in [-0.25, -0.2) is 13.1 Å². The van der Waals surface area contributed by atoms with E-state index < -0.39 is 16.1 Å². The second-order valence-corrected chi connectivity index (χ2v) is 7.17. The van der Waals surface area contributed by atoms with Crippen LogP contribution in [0.2, 0.25) is 0 Å². The summed E-state index contributed by atoms with van der Waals surface area (Å²) in [5.41, 5.74) is 0. The van der Waals surface area contributed by atoms with Crippen molar-refractivity contribution in [3.63, 3.8) is 0 Å². The van der Waals surface area contributed by atoms with Gasteiger partial charge in [0.05, 0.1) is 10.4 Å². The van der Waals surface area contributed by atoms with E-state index in [4.69, 9.17) is 5.11 Å². The summed E-state index contributed by atoms with van der Waals surface area (Å²) in [6, 6.07) is 2.71. The molecule has 1 rings (SSSR count). The van der Waals surface area contributed by atoms with Crippen LogP contribution >= 0.6 is 27.3 Å². The van der Waals surface area contributed by atoms with Crippen LogP contribution in [0.5, 0.6) is 0 Å². The lowest BCUT2D eigenvalue weighted by atomic mass is 10.4. The normalized spacial score (nSPS) is 14.2. The summed E-state index contributed by atoms with van der Waals surface area (Å²) < 4.78 is 26.5. The lowest BCUT2D eigenvalue weighted by Crippen LogP contribution is -2.34. The van der Waals surface area contributed by atoms with Gasteiger partial charge in [-0.05, 0) is 35.0 Å².